The molecule has 1 aromatic heterocycles. The molecule has 0 saturated heterocycles. The molecule has 1 aromatic carbocycles. The summed E-state index contributed by atoms with van der Waals surface area (Å²) in [6.45, 7) is 4.01. The average Bonchev–Trinajstić information content (AvgIpc) is 2.93. The van der Waals surface area contributed by atoms with Crippen LogP contribution in [0.2, 0.25) is 0 Å². The second-order valence-electron chi connectivity index (χ2n) is 5.61. The Morgan fingerprint density at radius 3 is 2.45 bits per heavy atom. The van der Waals surface area contributed by atoms with Crippen LogP contribution in [0.25, 0.3) is 0 Å². The van der Waals surface area contributed by atoms with Crippen molar-refractivity contribution >= 4 is 21.4 Å². The Bertz CT molecular complexity index is 693. The van der Waals surface area contributed by atoms with Crippen molar-refractivity contribution in [2.45, 2.75) is 26.5 Å². The van der Waals surface area contributed by atoms with E-state index in [0.29, 0.717) is 0 Å². The van der Waals surface area contributed by atoms with Gasteiger partial charge in [0.1, 0.15) is 6.10 Å². The van der Waals surface area contributed by atoms with E-state index in [1.807, 2.05) is 56.3 Å². The molecular weight excluding hydrogens is 318 g/mol. The fraction of sp³-hybridized carbons (Fsp3) is 0.375. The van der Waals surface area contributed by atoms with Crippen molar-refractivity contribution in [3.05, 3.63) is 57.8 Å². The van der Waals surface area contributed by atoms with Crippen molar-refractivity contribution in [3.8, 4) is 0 Å². The van der Waals surface area contributed by atoms with Crippen molar-refractivity contribution in [2.75, 3.05) is 5.75 Å². The normalized spacial score (nSPS) is 13.5. The SMILES string of the molecule is CC(C)CS(=O)(=O)NCc1ccc(C(O)c2ccccc2)s1. The molecule has 22 heavy (non-hydrogen) atoms. The molecule has 2 aromatic rings. The van der Waals surface area contributed by atoms with Gasteiger partial charge in [0.05, 0.1) is 5.75 Å². The summed E-state index contributed by atoms with van der Waals surface area (Å²) in [5.41, 5.74) is 0.830. The van der Waals surface area contributed by atoms with Crippen molar-refractivity contribution in [1.29, 1.82) is 0 Å². The second kappa shape index (κ2) is 7.37. The first-order valence-electron chi connectivity index (χ1n) is 7.16. The lowest BCUT2D eigenvalue weighted by Gasteiger charge is -2.09. The van der Waals surface area contributed by atoms with Crippen LogP contribution in [0.15, 0.2) is 42.5 Å². The molecule has 0 aliphatic rings. The molecule has 0 amide bonds. The smallest absolute Gasteiger partial charge is 0.212 e. The van der Waals surface area contributed by atoms with Gasteiger partial charge >= 0.3 is 0 Å². The summed E-state index contributed by atoms with van der Waals surface area (Å²) < 4.78 is 26.2. The highest BCUT2D eigenvalue weighted by Gasteiger charge is 2.15. The summed E-state index contributed by atoms with van der Waals surface area (Å²) in [7, 11) is -3.25. The summed E-state index contributed by atoms with van der Waals surface area (Å²) in [6, 6.07) is 13.1. The molecule has 0 saturated carbocycles. The molecule has 0 bridgehead atoms. The van der Waals surface area contributed by atoms with Gasteiger partial charge in [-0.25, -0.2) is 13.1 Å². The van der Waals surface area contributed by atoms with E-state index < -0.39 is 16.1 Å². The van der Waals surface area contributed by atoms with E-state index in [1.165, 1.54) is 11.3 Å². The zero-order valence-electron chi connectivity index (χ0n) is 12.7. The highest BCUT2D eigenvalue weighted by atomic mass is 32.2. The van der Waals surface area contributed by atoms with Crippen LogP contribution in [0.1, 0.15) is 35.3 Å². The van der Waals surface area contributed by atoms with Gasteiger partial charge in [-0.2, -0.15) is 0 Å². The molecule has 1 heterocycles. The molecule has 0 spiro atoms. The molecule has 0 radical (unpaired) electrons. The number of rotatable bonds is 7. The van der Waals surface area contributed by atoms with Crippen LogP contribution in [0, 0.1) is 5.92 Å². The van der Waals surface area contributed by atoms with E-state index in [9.17, 15) is 13.5 Å². The quantitative estimate of drug-likeness (QED) is 0.815. The fourth-order valence-corrected chi connectivity index (χ4v) is 4.54. The lowest BCUT2D eigenvalue weighted by molar-refractivity contribution is 0.224. The fourth-order valence-electron chi connectivity index (χ4n) is 2.11. The monoisotopic (exact) mass is 339 g/mol. The minimum Gasteiger partial charge on any atom is -0.383 e. The zero-order valence-corrected chi connectivity index (χ0v) is 14.3. The third kappa shape index (κ3) is 4.91. The molecule has 0 fully saturated rings. The number of thiophene rings is 1. The molecular formula is C16H21NO3S2. The van der Waals surface area contributed by atoms with Gasteiger partial charge in [0.2, 0.25) is 10.0 Å². The van der Waals surface area contributed by atoms with Crippen LogP contribution in [0.4, 0.5) is 0 Å². The summed E-state index contributed by atoms with van der Waals surface area (Å²) in [5.74, 6) is 0.217. The highest BCUT2D eigenvalue weighted by molar-refractivity contribution is 7.89. The minimum absolute atomic E-state index is 0.0938. The largest absolute Gasteiger partial charge is 0.383 e. The Labute approximate surface area is 135 Å². The summed E-state index contributed by atoms with van der Waals surface area (Å²) in [5, 5.41) is 10.3. The van der Waals surface area contributed by atoms with Gasteiger partial charge in [0.15, 0.2) is 0 Å². The van der Waals surface area contributed by atoms with Gasteiger partial charge in [0.25, 0.3) is 0 Å². The molecule has 120 valence electrons. The first-order valence-corrected chi connectivity index (χ1v) is 9.63. The second-order valence-corrected chi connectivity index (χ2v) is 8.67. The Morgan fingerprint density at radius 1 is 1.14 bits per heavy atom. The number of nitrogens with one attached hydrogen (secondary N) is 1. The molecule has 2 N–H and O–H groups in total. The summed E-state index contributed by atoms with van der Waals surface area (Å²) >= 11 is 1.42. The average molecular weight is 339 g/mol. The van der Waals surface area contributed by atoms with Crippen LogP contribution in [-0.4, -0.2) is 19.3 Å². The Hall–Kier alpha value is -1.21. The standard InChI is InChI=1S/C16H21NO3S2/c1-12(2)11-22(19,20)17-10-14-8-9-15(21-14)16(18)13-6-4-3-5-7-13/h3-9,12,16-18H,10-11H2,1-2H3. The molecule has 2 rings (SSSR count). The third-order valence-electron chi connectivity index (χ3n) is 3.09. The van der Waals surface area contributed by atoms with E-state index >= 15 is 0 Å². The molecule has 1 unspecified atom stereocenters. The van der Waals surface area contributed by atoms with Crippen LogP contribution in [-0.2, 0) is 16.6 Å². The van der Waals surface area contributed by atoms with E-state index in [-0.39, 0.29) is 18.2 Å². The zero-order chi connectivity index (χ0) is 16.2. The number of benzene rings is 1. The van der Waals surface area contributed by atoms with Gasteiger partial charge < -0.3 is 5.11 Å². The molecule has 4 nitrogen and oxygen atoms in total. The number of sulfonamides is 1. The highest BCUT2D eigenvalue weighted by Crippen LogP contribution is 2.28. The summed E-state index contributed by atoms with van der Waals surface area (Å²) in [6.07, 6.45) is -0.674. The van der Waals surface area contributed by atoms with Crippen LogP contribution in [0.3, 0.4) is 0 Å². The van der Waals surface area contributed by atoms with Crippen LogP contribution < -0.4 is 4.72 Å². The van der Waals surface area contributed by atoms with Crippen molar-refractivity contribution < 1.29 is 13.5 Å². The Kier molecular flexibility index (Phi) is 5.74. The molecule has 0 aliphatic carbocycles. The number of aliphatic hydroxyl groups excluding tert-OH is 1. The number of hydrogen-bond acceptors (Lipinski definition) is 4. The van der Waals surface area contributed by atoms with Crippen molar-refractivity contribution in [2.24, 2.45) is 5.92 Å². The summed E-state index contributed by atoms with van der Waals surface area (Å²) in [4.78, 5) is 1.70. The van der Waals surface area contributed by atoms with Crippen molar-refractivity contribution in [1.82, 2.24) is 4.72 Å². The Balaban J connectivity index is 2.00. The maximum Gasteiger partial charge on any atom is 0.212 e. The first kappa shape index (κ1) is 17.1. The predicted octanol–water partition coefficient (Wildman–Crippen LogP) is 2.91. The Morgan fingerprint density at radius 2 is 1.82 bits per heavy atom. The first-order chi connectivity index (χ1) is 10.4. The topological polar surface area (TPSA) is 66.4 Å². The van der Waals surface area contributed by atoms with Crippen LogP contribution in [0.5, 0.6) is 0 Å². The number of hydrogen-bond donors (Lipinski definition) is 2. The minimum atomic E-state index is -3.25. The lowest BCUT2D eigenvalue weighted by atomic mass is 10.1. The van der Waals surface area contributed by atoms with E-state index in [0.717, 1.165) is 15.3 Å². The third-order valence-corrected chi connectivity index (χ3v) is 5.91. The molecule has 1 atom stereocenters. The van der Waals surface area contributed by atoms with Gasteiger partial charge in [-0.3, -0.25) is 0 Å². The van der Waals surface area contributed by atoms with E-state index in [4.69, 9.17) is 0 Å². The molecule has 0 aliphatic heterocycles. The predicted molar refractivity (Wildman–Crippen MR) is 90.3 cm³/mol. The van der Waals surface area contributed by atoms with Crippen molar-refractivity contribution in [3.63, 3.8) is 0 Å². The maximum atomic E-state index is 11.8. The lowest BCUT2D eigenvalue weighted by Crippen LogP contribution is -2.27. The van der Waals surface area contributed by atoms with Gasteiger partial charge in [-0.05, 0) is 23.6 Å². The van der Waals surface area contributed by atoms with E-state index in [2.05, 4.69) is 4.72 Å². The van der Waals surface area contributed by atoms with Gasteiger partial charge in [0, 0.05) is 16.3 Å². The van der Waals surface area contributed by atoms with Gasteiger partial charge in [-0.15, -0.1) is 11.3 Å². The van der Waals surface area contributed by atoms with Gasteiger partial charge in [-0.1, -0.05) is 44.2 Å². The number of aliphatic hydroxyl groups is 1. The molecule has 6 heteroatoms. The van der Waals surface area contributed by atoms with Crippen LogP contribution >= 0.6 is 11.3 Å². The maximum absolute atomic E-state index is 11.8. The van der Waals surface area contributed by atoms with E-state index in [1.54, 1.807) is 0 Å².